The quantitative estimate of drug-likeness (QED) is 0.364. The van der Waals surface area contributed by atoms with Crippen LogP contribution >= 0.6 is 11.3 Å². The summed E-state index contributed by atoms with van der Waals surface area (Å²) in [6.45, 7) is 5.72. The number of hydrogen-bond acceptors (Lipinski definition) is 8. The van der Waals surface area contributed by atoms with Gasteiger partial charge in [-0.1, -0.05) is 12.1 Å². The molecule has 1 aromatic heterocycles. The molecule has 1 saturated heterocycles. The number of Topliss-reactive ketones (excluding diaryl/α,β-unsaturated/α-hetero) is 1. The average molecular weight is 484 g/mol. The Balaban J connectivity index is 1.75. The van der Waals surface area contributed by atoms with Gasteiger partial charge in [0.15, 0.2) is 5.78 Å². The van der Waals surface area contributed by atoms with E-state index in [2.05, 4.69) is 10.3 Å². The average Bonchev–Trinajstić information content (AvgIpc) is 3.40. The summed E-state index contributed by atoms with van der Waals surface area (Å²) in [5.41, 5.74) is 0.910. The number of epoxide rings is 1. The molecular weight excluding hydrogens is 458 g/mol. The molecule has 2 atom stereocenters. The molecule has 1 amide bonds. The molecule has 1 unspecified atom stereocenters. The number of carbonyl (C=O) groups excluding carboxylic acids is 2. The standard InChI is InChI=1S/C20H25N3O7S2/c1-20(2,3)30-19(25)22-15(8-12-4-6-13(7-5-12)23-32(26,27)28)18-21-14(11-31-18)9-16(24)17-10-29-17/h4-7,11,15,17,23H,8-10H2,1-3H3,(H,22,25)(H,26,27,28)/t15-,17?/m0/s1. The summed E-state index contributed by atoms with van der Waals surface area (Å²) < 4.78 is 43.1. The number of carbonyl (C=O) groups is 2. The molecule has 3 rings (SSSR count). The van der Waals surface area contributed by atoms with Crippen LogP contribution in [0.2, 0.25) is 0 Å². The third kappa shape index (κ3) is 7.86. The zero-order valence-electron chi connectivity index (χ0n) is 17.8. The molecule has 1 fully saturated rings. The van der Waals surface area contributed by atoms with Gasteiger partial charge in [-0.25, -0.2) is 9.78 Å². The van der Waals surface area contributed by atoms with Crippen molar-refractivity contribution in [3.8, 4) is 0 Å². The minimum Gasteiger partial charge on any atom is -0.444 e. The molecule has 10 nitrogen and oxygen atoms in total. The first-order valence-electron chi connectivity index (χ1n) is 9.80. The van der Waals surface area contributed by atoms with E-state index in [1.165, 1.54) is 23.5 Å². The Bertz CT molecular complexity index is 1070. The number of aromatic nitrogens is 1. The normalized spacial score (nSPS) is 16.8. The van der Waals surface area contributed by atoms with Gasteiger partial charge >= 0.3 is 16.4 Å². The Kier molecular flexibility index (Phi) is 7.18. The summed E-state index contributed by atoms with van der Waals surface area (Å²) in [6.07, 6.45) is -0.439. The number of ether oxygens (including phenoxy) is 2. The Morgan fingerprint density at radius 1 is 1.31 bits per heavy atom. The first kappa shape index (κ1) is 24.1. The molecule has 2 heterocycles. The van der Waals surface area contributed by atoms with Crippen molar-refractivity contribution >= 4 is 39.2 Å². The molecule has 0 bridgehead atoms. The van der Waals surface area contributed by atoms with E-state index in [9.17, 15) is 18.0 Å². The molecule has 1 aromatic carbocycles. The van der Waals surface area contributed by atoms with Crippen LogP contribution in [0.4, 0.5) is 10.5 Å². The highest BCUT2D eigenvalue weighted by Gasteiger charge is 2.31. The van der Waals surface area contributed by atoms with Crippen molar-refractivity contribution in [3.63, 3.8) is 0 Å². The molecule has 12 heteroatoms. The zero-order chi connectivity index (χ0) is 23.5. The molecule has 32 heavy (non-hydrogen) atoms. The van der Waals surface area contributed by atoms with Crippen LogP contribution < -0.4 is 10.0 Å². The Morgan fingerprint density at radius 2 is 1.97 bits per heavy atom. The van der Waals surface area contributed by atoms with E-state index in [4.69, 9.17) is 14.0 Å². The molecule has 2 aromatic rings. The zero-order valence-corrected chi connectivity index (χ0v) is 19.5. The highest BCUT2D eigenvalue weighted by atomic mass is 32.2. The van der Waals surface area contributed by atoms with Gasteiger partial charge < -0.3 is 14.8 Å². The Labute approximate surface area is 190 Å². The third-order valence-corrected chi connectivity index (χ3v) is 5.75. The first-order chi connectivity index (χ1) is 14.9. The van der Waals surface area contributed by atoms with Crippen molar-refractivity contribution in [2.24, 2.45) is 0 Å². The third-order valence-electron chi connectivity index (χ3n) is 4.25. The summed E-state index contributed by atoms with van der Waals surface area (Å²) in [7, 11) is -4.37. The summed E-state index contributed by atoms with van der Waals surface area (Å²) >= 11 is 1.32. The van der Waals surface area contributed by atoms with Crippen LogP contribution in [0, 0.1) is 0 Å². The van der Waals surface area contributed by atoms with Crippen LogP contribution in [0.3, 0.4) is 0 Å². The molecule has 174 valence electrons. The van der Waals surface area contributed by atoms with E-state index in [0.29, 0.717) is 23.7 Å². The van der Waals surface area contributed by atoms with Crippen LogP contribution in [0.1, 0.15) is 43.1 Å². The lowest BCUT2D eigenvalue weighted by Gasteiger charge is -2.23. The van der Waals surface area contributed by atoms with Crippen molar-refractivity contribution in [2.45, 2.75) is 51.4 Å². The lowest BCUT2D eigenvalue weighted by Crippen LogP contribution is -2.35. The van der Waals surface area contributed by atoms with Gasteiger partial charge in [-0.3, -0.25) is 14.1 Å². The number of benzene rings is 1. The highest BCUT2D eigenvalue weighted by Crippen LogP contribution is 2.25. The second-order valence-corrected chi connectivity index (χ2v) is 10.4. The van der Waals surface area contributed by atoms with Gasteiger partial charge in [-0.05, 0) is 44.9 Å². The topological polar surface area (TPSA) is 147 Å². The molecule has 3 N–H and O–H groups in total. The molecule has 0 aliphatic carbocycles. The fourth-order valence-electron chi connectivity index (χ4n) is 2.83. The van der Waals surface area contributed by atoms with Crippen LogP contribution in [-0.4, -0.2) is 48.1 Å². The number of thiazole rings is 1. The minimum atomic E-state index is -4.37. The maximum absolute atomic E-state index is 12.4. The van der Waals surface area contributed by atoms with Gasteiger partial charge in [0.2, 0.25) is 0 Å². The first-order valence-corrected chi connectivity index (χ1v) is 12.1. The fraction of sp³-hybridized carbons (Fsp3) is 0.450. The Morgan fingerprint density at radius 3 is 2.53 bits per heavy atom. The van der Waals surface area contributed by atoms with Gasteiger partial charge in [-0.15, -0.1) is 11.3 Å². The molecular formula is C20H25N3O7S2. The van der Waals surface area contributed by atoms with E-state index in [-0.39, 0.29) is 24.0 Å². The van der Waals surface area contributed by atoms with Crippen LogP contribution in [0.25, 0.3) is 0 Å². The van der Waals surface area contributed by atoms with Crippen LogP contribution in [0.15, 0.2) is 29.6 Å². The Hall–Kier alpha value is -2.54. The lowest BCUT2D eigenvalue weighted by atomic mass is 10.1. The smallest absolute Gasteiger partial charge is 0.408 e. The van der Waals surface area contributed by atoms with E-state index in [0.717, 1.165) is 5.56 Å². The maximum atomic E-state index is 12.4. The van der Waals surface area contributed by atoms with Gasteiger partial charge in [-0.2, -0.15) is 8.42 Å². The van der Waals surface area contributed by atoms with Gasteiger partial charge in [0.25, 0.3) is 0 Å². The molecule has 0 radical (unpaired) electrons. The van der Waals surface area contributed by atoms with Crippen molar-refractivity contribution < 1.29 is 32.0 Å². The number of ketones is 1. The van der Waals surface area contributed by atoms with Crippen molar-refractivity contribution in [2.75, 3.05) is 11.3 Å². The number of amides is 1. The SMILES string of the molecule is CC(C)(C)OC(=O)N[C@@H](Cc1ccc(NS(=O)(=O)O)cc1)c1nc(CC(=O)C2CO2)cs1. The van der Waals surface area contributed by atoms with E-state index < -0.39 is 28.0 Å². The molecule has 0 saturated carbocycles. The van der Waals surface area contributed by atoms with Gasteiger partial charge in [0.1, 0.15) is 16.7 Å². The maximum Gasteiger partial charge on any atom is 0.408 e. The van der Waals surface area contributed by atoms with Crippen LogP contribution in [0.5, 0.6) is 0 Å². The van der Waals surface area contributed by atoms with E-state index in [1.54, 1.807) is 38.3 Å². The van der Waals surface area contributed by atoms with Gasteiger partial charge in [0, 0.05) is 5.38 Å². The highest BCUT2D eigenvalue weighted by molar-refractivity contribution is 7.87. The second kappa shape index (κ2) is 9.53. The largest absolute Gasteiger partial charge is 0.444 e. The summed E-state index contributed by atoms with van der Waals surface area (Å²) in [5.74, 6) is -0.0274. The monoisotopic (exact) mass is 483 g/mol. The predicted molar refractivity (Wildman–Crippen MR) is 118 cm³/mol. The number of anilines is 1. The van der Waals surface area contributed by atoms with Crippen molar-refractivity contribution in [1.29, 1.82) is 0 Å². The summed E-state index contributed by atoms with van der Waals surface area (Å²) in [4.78, 5) is 28.9. The van der Waals surface area contributed by atoms with Crippen molar-refractivity contribution in [3.05, 3.63) is 45.9 Å². The van der Waals surface area contributed by atoms with Gasteiger partial charge in [0.05, 0.1) is 30.5 Å². The van der Waals surface area contributed by atoms with E-state index in [1.807, 2.05) is 4.72 Å². The number of alkyl carbamates (subject to hydrolysis) is 1. The fourth-order valence-corrected chi connectivity index (χ4v) is 4.14. The predicted octanol–water partition coefficient (Wildman–Crippen LogP) is 2.68. The second-order valence-electron chi connectivity index (χ2n) is 8.32. The number of hydrogen-bond donors (Lipinski definition) is 3. The summed E-state index contributed by atoms with van der Waals surface area (Å²) in [5, 5.41) is 5.20. The van der Waals surface area contributed by atoms with Crippen LogP contribution in [-0.2, 0) is 37.4 Å². The number of rotatable bonds is 9. The lowest BCUT2D eigenvalue weighted by molar-refractivity contribution is -0.119. The number of nitrogens with one attached hydrogen (secondary N) is 2. The molecule has 1 aliphatic heterocycles. The molecule has 0 spiro atoms. The summed E-state index contributed by atoms with van der Waals surface area (Å²) in [6, 6.07) is 5.79. The van der Waals surface area contributed by atoms with E-state index >= 15 is 0 Å². The molecule has 1 aliphatic rings. The van der Waals surface area contributed by atoms with Crippen molar-refractivity contribution in [1.82, 2.24) is 10.3 Å². The number of nitrogens with zero attached hydrogens (tertiary/aromatic N) is 1. The minimum absolute atomic E-state index is 0.0274.